The predicted molar refractivity (Wildman–Crippen MR) is 281 cm³/mol. The number of halogens is 2. The van der Waals surface area contributed by atoms with Crippen molar-refractivity contribution in [1.82, 2.24) is 30.4 Å². The van der Waals surface area contributed by atoms with Crippen LogP contribution in [0.15, 0.2) is 158 Å². The minimum Gasteiger partial charge on any atom is -0.412 e. The fraction of sp³-hybridized carbons (Fsp3) is 0.250. The molecule has 69 heavy (non-hydrogen) atoms. The number of ether oxygens (including phenoxy) is 2. The standard InChI is InChI=1S/2C28H29N3O2.2ClH.H2O/c2*1-31-26-15-12-22(33-28(32)30-19-21-10-6-3-7-11-21)18-24(26)23-13-14-25(27(23)31)29-17-16-20-8-4-2-5-9-20;;;/h2*2-12,15,18,25,29H,13-14,16-17,19H2,1H3,(H,30,32);2*1H;1H2. The molecule has 2 unspecified atom stereocenters. The monoisotopic (exact) mass is 968 g/mol. The van der Waals surface area contributed by atoms with Gasteiger partial charge in [0.1, 0.15) is 11.5 Å². The van der Waals surface area contributed by atoms with Crippen LogP contribution in [-0.4, -0.2) is 39.9 Å². The summed E-state index contributed by atoms with van der Waals surface area (Å²) < 4.78 is 15.7. The maximum absolute atomic E-state index is 12.3. The number of rotatable bonds is 14. The molecule has 2 aliphatic rings. The van der Waals surface area contributed by atoms with E-state index in [0.717, 1.165) is 62.7 Å². The molecular weight excluding hydrogens is 908 g/mol. The Labute approximate surface area is 416 Å². The molecule has 0 radical (unpaired) electrons. The number of aryl methyl sites for hydroxylation is 4. The summed E-state index contributed by atoms with van der Waals surface area (Å²) in [6, 6.07) is 53.4. The van der Waals surface area contributed by atoms with Gasteiger partial charge in [0, 0.05) is 72.5 Å². The van der Waals surface area contributed by atoms with Crippen molar-refractivity contribution < 1.29 is 24.5 Å². The van der Waals surface area contributed by atoms with E-state index in [1.54, 1.807) is 0 Å². The van der Waals surface area contributed by atoms with Gasteiger partial charge in [0.2, 0.25) is 0 Å². The van der Waals surface area contributed by atoms with E-state index in [0.29, 0.717) is 36.7 Å². The molecule has 6 aromatic carbocycles. The molecule has 10 rings (SSSR count). The van der Waals surface area contributed by atoms with E-state index in [2.05, 4.69) is 117 Å². The summed E-state index contributed by atoms with van der Waals surface area (Å²) in [7, 11) is 4.26. The lowest BCUT2D eigenvalue weighted by molar-refractivity contribution is 0.199. The number of benzene rings is 6. The quantitative estimate of drug-likeness (QED) is 0.0855. The molecule has 2 heterocycles. The lowest BCUT2D eigenvalue weighted by atomic mass is 10.1. The first-order valence-electron chi connectivity index (χ1n) is 23.1. The van der Waals surface area contributed by atoms with Gasteiger partial charge < -0.3 is 45.4 Å². The van der Waals surface area contributed by atoms with Crippen LogP contribution >= 0.6 is 24.8 Å². The van der Waals surface area contributed by atoms with Crippen LogP contribution in [-0.2, 0) is 52.9 Å². The van der Waals surface area contributed by atoms with E-state index in [1.807, 2.05) is 84.9 Å². The minimum absolute atomic E-state index is 0. The topological polar surface area (TPSA) is 142 Å². The highest BCUT2D eigenvalue weighted by Gasteiger charge is 2.30. The van der Waals surface area contributed by atoms with Gasteiger partial charge in [0.15, 0.2) is 0 Å². The third-order valence-electron chi connectivity index (χ3n) is 13.0. The van der Waals surface area contributed by atoms with Gasteiger partial charge in [-0.25, -0.2) is 9.59 Å². The first kappa shape index (κ1) is 51.8. The average Bonchev–Trinajstić information content (AvgIpc) is 4.11. The van der Waals surface area contributed by atoms with Crippen LogP contribution in [0.2, 0.25) is 0 Å². The zero-order valence-electron chi connectivity index (χ0n) is 39.1. The highest BCUT2D eigenvalue weighted by Crippen LogP contribution is 2.41. The molecule has 0 saturated carbocycles. The molecule has 11 nitrogen and oxygen atoms in total. The van der Waals surface area contributed by atoms with Gasteiger partial charge in [-0.15, -0.1) is 24.8 Å². The van der Waals surface area contributed by atoms with Gasteiger partial charge in [0.25, 0.3) is 0 Å². The fourth-order valence-electron chi connectivity index (χ4n) is 9.73. The van der Waals surface area contributed by atoms with Gasteiger partial charge in [-0.3, -0.25) is 0 Å². The number of fused-ring (bicyclic) bond motifs is 6. The molecule has 360 valence electrons. The average molecular weight is 970 g/mol. The maximum atomic E-state index is 12.3. The SMILES string of the molecule is Cl.Cl.Cn1c2c(c3cc(OC(=O)NCc4ccccc4)ccc31)CCC2NCCc1ccccc1.Cn1c2c(c3cc(OC(=O)NCc4ccccc4)ccc31)CCC2NCCc1ccccc1.O. The van der Waals surface area contributed by atoms with E-state index >= 15 is 0 Å². The highest BCUT2D eigenvalue weighted by molar-refractivity contribution is 5.89. The van der Waals surface area contributed by atoms with E-state index in [-0.39, 0.29) is 30.3 Å². The van der Waals surface area contributed by atoms with Gasteiger partial charge in [0.05, 0.1) is 0 Å². The van der Waals surface area contributed by atoms with Gasteiger partial charge in [-0.05, 0) is 121 Å². The van der Waals surface area contributed by atoms with Crippen molar-refractivity contribution in [3.63, 3.8) is 0 Å². The summed E-state index contributed by atoms with van der Waals surface area (Å²) in [5.74, 6) is 1.14. The first-order valence-corrected chi connectivity index (χ1v) is 23.1. The highest BCUT2D eigenvalue weighted by atomic mass is 35.5. The van der Waals surface area contributed by atoms with Crippen LogP contribution in [0.4, 0.5) is 9.59 Å². The summed E-state index contributed by atoms with van der Waals surface area (Å²) >= 11 is 0. The van der Waals surface area contributed by atoms with Crippen LogP contribution in [0.3, 0.4) is 0 Å². The molecular formula is C56H62Cl2N6O5. The lowest BCUT2D eigenvalue weighted by Crippen LogP contribution is -2.26. The lowest BCUT2D eigenvalue weighted by Gasteiger charge is -2.15. The first-order chi connectivity index (χ1) is 32.4. The predicted octanol–water partition coefficient (Wildman–Crippen LogP) is 10.6. The van der Waals surface area contributed by atoms with Crippen molar-refractivity contribution in [3.8, 4) is 11.5 Å². The van der Waals surface area contributed by atoms with Crippen LogP contribution in [0.25, 0.3) is 21.8 Å². The Kier molecular flexibility index (Phi) is 18.5. The smallest absolute Gasteiger partial charge is 0.412 e. The number of hydrogen-bond donors (Lipinski definition) is 4. The van der Waals surface area contributed by atoms with Crippen molar-refractivity contribution in [1.29, 1.82) is 0 Å². The summed E-state index contributed by atoms with van der Waals surface area (Å²) in [5.41, 5.74) is 12.6. The molecule has 2 aromatic heterocycles. The molecule has 13 heteroatoms. The van der Waals surface area contributed by atoms with Crippen molar-refractivity contribution >= 4 is 58.8 Å². The molecule has 0 bridgehead atoms. The van der Waals surface area contributed by atoms with Crippen LogP contribution < -0.4 is 30.7 Å². The fourth-order valence-corrected chi connectivity index (χ4v) is 9.73. The number of amides is 2. The number of hydrogen-bond acceptors (Lipinski definition) is 6. The molecule has 0 spiro atoms. The normalized spacial score (nSPS) is 14.2. The molecule has 2 aliphatic carbocycles. The third kappa shape index (κ3) is 12.5. The molecule has 0 fully saturated rings. The van der Waals surface area contributed by atoms with Gasteiger partial charge in [-0.1, -0.05) is 121 Å². The second-order valence-electron chi connectivity index (χ2n) is 17.2. The zero-order chi connectivity index (χ0) is 45.2. The Morgan fingerprint density at radius 3 is 1.22 bits per heavy atom. The molecule has 2 amide bonds. The van der Waals surface area contributed by atoms with Crippen molar-refractivity contribution in [3.05, 3.63) is 202 Å². The molecule has 2 atom stereocenters. The van der Waals surface area contributed by atoms with Crippen molar-refractivity contribution in [2.24, 2.45) is 14.1 Å². The Hall–Kier alpha value is -6.60. The number of aromatic nitrogens is 2. The molecule has 6 N–H and O–H groups in total. The Morgan fingerprint density at radius 1 is 0.507 bits per heavy atom. The van der Waals surface area contributed by atoms with Gasteiger partial charge in [-0.2, -0.15) is 0 Å². The Bertz CT molecular complexity index is 2710. The summed E-state index contributed by atoms with van der Waals surface area (Å²) in [4.78, 5) is 24.6. The molecule has 8 aromatic rings. The number of nitrogens with zero attached hydrogens (tertiary/aromatic N) is 2. The van der Waals surface area contributed by atoms with Gasteiger partial charge >= 0.3 is 12.2 Å². The minimum atomic E-state index is -0.439. The molecule has 0 saturated heterocycles. The second kappa shape index (κ2) is 24.6. The maximum Gasteiger partial charge on any atom is 0.412 e. The van der Waals surface area contributed by atoms with Crippen LogP contribution in [0.5, 0.6) is 11.5 Å². The summed E-state index contributed by atoms with van der Waals surface area (Å²) in [5, 5.41) is 15.5. The van der Waals surface area contributed by atoms with Crippen LogP contribution in [0.1, 0.15) is 69.7 Å². The number of carbonyl (C=O) groups is 2. The zero-order valence-corrected chi connectivity index (χ0v) is 40.7. The van der Waals surface area contributed by atoms with E-state index < -0.39 is 12.2 Å². The van der Waals surface area contributed by atoms with E-state index in [1.165, 1.54) is 55.4 Å². The Balaban J connectivity index is 0.000000217. The van der Waals surface area contributed by atoms with E-state index in [9.17, 15) is 9.59 Å². The van der Waals surface area contributed by atoms with E-state index in [4.69, 9.17) is 9.47 Å². The summed E-state index contributed by atoms with van der Waals surface area (Å²) in [6.07, 6.45) is 5.40. The third-order valence-corrected chi connectivity index (χ3v) is 13.0. The molecule has 0 aliphatic heterocycles. The largest absolute Gasteiger partial charge is 0.412 e. The summed E-state index contributed by atoms with van der Waals surface area (Å²) in [6.45, 7) is 2.79. The van der Waals surface area contributed by atoms with Crippen molar-refractivity contribution in [2.75, 3.05) is 13.1 Å². The van der Waals surface area contributed by atoms with Crippen molar-refractivity contribution in [2.45, 2.75) is 63.7 Å². The Morgan fingerprint density at radius 2 is 0.855 bits per heavy atom. The van der Waals surface area contributed by atoms with Crippen LogP contribution in [0, 0.1) is 0 Å². The number of carbonyl (C=O) groups excluding carboxylic acids is 2. The number of nitrogens with one attached hydrogen (secondary N) is 4. The second-order valence-corrected chi connectivity index (χ2v) is 17.2.